The molecule has 104 valence electrons. The summed E-state index contributed by atoms with van der Waals surface area (Å²) in [7, 11) is 1.64. The molecule has 1 saturated heterocycles. The van der Waals surface area contributed by atoms with Crippen LogP contribution in [-0.2, 0) is 14.3 Å². The molecule has 2 unspecified atom stereocenters. The van der Waals surface area contributed by atoms with E-state index in [1.54, 1.807) is 32.8 Å². The lowest BCUT2D eigenvalue weighted by Gasteiger charge is -2.29. The molecule has 1 aliphatic rings. The van der Waals surface area contributed by atoms with Gasteiger partial charge in [-0.15, -0.1) is 0 Å². The highest BCUT2D eigenvalue weighted by molar-refractivity contribution is 5.97. The van der Waals surface area contributed by atoms with E-state index in [4.69, 9.17) is 4.74 Å². The van der Waals surface area contributed by atoms with Crippen LogP contribution < -0.4 is 0 Å². The standard InChI is InChI=1S/C13H23NO4/c1-13(2,3)10(12(16)17)11(15)14-6-5-9(7-14)8-18-4/h9-10H,5-8H2,1-4H3,(H,16,17). The van der Waals surface area contributed by atoms with Crippen LogP contribution in [0, 0.1) is 17.3 Å². The fraction of sp³-hybridized carbons (Fsp3) is 0.846. The third kappa shape index (κ3) is 3.45. The normalized spacial score (nSPS) is 22.0. The van der Waals surface area contributed by atoms with Crippen LogP contribution in [0.15, 0.2) is 0 Å². The lowest BCUT2D eigenvalue weighted by molar-refractivity contribution is -0.155. The Kier molecular flexibility index (Phi) is 4.73. The summed E-state index contributed by atoms with van der Waals surface area (Å²) in [5.74, 6) is -1.96. The van der Waals surface area contributed by atoms with Crippen molar-refractivity contribution in [3.8, 4) is 0 Å². The number of hydrogen-bond acceptors (Lipinski definition) is 3. The number of carboxylic acid groups (broad SMARTS) is 1. The maximum Gasteiger partial charge on any atom is 0.316 e. The van der Waals surface area contributed by atoms with Crippen LogP contribution in [0.2, 0.25) is 0 Å². The van der Waals surface area contributed by atoms with E-state index in [9.17, 15) is 14.7 Å². The van der Waals surface area contributed by atoms with Crippen LogP contribution in [0.3, 0.4) is 0 Å². The second kappa shape index (κ2) is 5.69. The van der Waals surface area contributed by atoms with Crippen molar-refractivity contribution in [1.29, 1.82) is 0 Å². The SMILES string of the molecule is COCC1CCN(C(=O)C(C(=O)O)C(C)(C)C)C1. The Morgan fingerprint density at radius 1 is 1.44 bits per heavy atom. The molecule has 1 rings (SSSR count). The van der Waals surface area contributed by atoms with E-state index < -0.39 is 17.3 Å². The molecule has 0 radical (unpaired) electrons. The Balaban J connectivity index is 2.71. The molecule has 5 heteroatoms. The summed E-state index contributed by atoms with van der Waals surface area (Å²) in [5, 5.41) is 9.24. The summed E-state index contributed by atoms with van der Waals surface area (Å²) in [6.07, 6.45) is 0.885. The average molecular weight is 257 g/mol. The molecule has 0 saturated carbocycles. The van der Waals surface area contributed by atoms with Crippen molar-refractivity contribution in [1.82, 2.24) is 4.90 Å². The maximum atomic E-state index is 12.3. The minimum Gasteiger partial charge on any atom is -0.481 e. The van der Waals surface area contributed by atoms with Gasteiger partial charge in [-0.05, 0) is 11.8 Å². The molecule has 0 aromatic heterocycles. The molecule has 0 aliphatic carbocycles. The van der Waals surface area contributed by atoms with Crippen molar-refractivity contribution < 1.29 is 19.4 Å². The van der Waals surface area contributed by atoms with Gasteiger partial charge in [0.1, 0.15) is 5.92 Å². The highest BCUT2D eigenvalue weighted by Crippen LogP contribution is 2.30. The smallest absolute Gasteiger partial charge is 0.316 e. The molecule has 2 atom stereocenters. The zero-order valence-corrected chi connectivity index (χ0v) is 11.6. The van der Waals surface area contributed by atoms with Crippen molar-refractivity contribution >= 4 is 11.9 Å². The molecule has 0 aromatic rings. The van der Waals surface area contributed by atoms with Gasteiger partial charge in [-0.2, -0.15) is 0 Å². The van der Waals surface area contributed by atoms with Gasteiger partial charge in [0.2, 0.25) is 5.91 Å². The molecule has 0 bridgehead atoms. The number of rotatable bonds is 4. The number of hydrogen-bond donors (Lipinski definition) is 1. The first-order chi connectivity index (χ1) is 8.27. The summed E-state index contributed by atoms with van der Waals surface area (Å²) in [6, 6.07) is 0. The molecular weight excluding hydrogens is 234 g/mol. The third-order valence-corrected chi connectivity index (χ3v) is 3.36. The Morgan fingerprint density at radius 2 is 2.06 bits per heavy atom. The Bertz CT molecular complexity index is 321. The molecule has 1 fully saturated rings. The fourth-order valence-electron chi connectivity index (χ4n) is 2.43. The summed E-state index contributed by atoms with van der Waals surface area (Å²) >= 11 is 0. The fourth-order valence-corrected chi connectivity index (χ4v) is 2.43. The molecule has 0 aromatic carbocycles. The Labute approximate surface area is 108 Å². The van der Waals surface area contributed by atoms with Gasteiger partial charge < -0.3 is 14.7 Å². The number of amides is 1. The van der Waals surface area contributed by atoms with Gasteiger partial charge in [-0.25, -0.2) is 0 Å². The first kappa shape index (κ1) is 15.0. The molecule has 1 amide bonds. The van der Waals surface area contributed by atoms with E-state index >= 15 is 0 Å². The van der Waals surface area contributed by atoms with Crippen molar-refractivity contribution in [2.24, 2.45) is 17.3 Å². The van der Waals surface area contributed by atoms with Gasteiger partial charge in [0.15, 0.2) is 0 Å². The molecule has 5 nitrogen and oxygen atoms in total. The lowest BCUT2D eigenvalue weighted by Crippen LogP contribution is -2.44. The van der Waals surface area contributed by atoms with Crippen LogP contribution in [0.5, 0.6) is 0 Å². The predicted octanol–water partition coefficient (Wildman–Crippen LogP) is 1.23. The van der Waals surface area contributed by atoms with Crippen LogP contribution in [0.4, 0.5) is 0 Å². The second-order valence-corrected chi connectivity index (χ2v) is 6.03. The van der Waals surface area contributed by atoms with E-state index in [0.29, 0.717) is 25.6 Å². The van der Waals surface area contributed by atoms with Crippen molar-refractivity contribution in [3.63, 3.8) is 0 Å². The highest BCUT2D eigenvalue weighted by atomic mass is 16.5. The van der Waals surface area contributed by atoms with Crippen molar-refractivity contribution in [3.05, 3.63) is 0 Å². The summed E-state index contributed by atoms with van der Waals surface area (Å²) in [6.45, 7) is 7.21. The zero-order valence-electron chi connectivity index (χ0n) is 11.6. The molecule has 1 heterocycles. The van der Waals surface area contributed by atoms with Gasteiger partial charge >= 0.3 is 5.97 Å². The molecule has 1 N–H and O–H groups in total. The van der Waals surface area contributed by atoms with Gasteiger partial charge in [0.05, 0.1) is 6.61 Å². The number of ether oxygens (including phenoxy) is 1. The van der Waals surface area contributed by atoms with Gasteiger partial charge in [-0.1, -0.05) is 20.8 Å². The summed E-state index contributed by atoms with van der Waals surface area (Å²) in [5.41, 5.74) is -0.567. The van der Waals surface area contributed by atoms with Crippen LogP contribution in [0.25, 0.3) is 0 Å². The van der Waals surface area contributed by atoms with Crippen LogP contribution in [0.1, 0.15) is 27.2 Å². The summed E-state index contributed by atoms with van der Waals surface area (Å²) in [4.78, 5) is 25.2. The minimum atomic E-state index is -1.04. The lowest BCUT2D eigenvalue weighted by atomic mass is 9.80. The average Bonchev–Trinajstić information content (AvgIpc) is 2.63. The highest BCUT2D eigenvalue weighted by Gasteiger charge is 2.41. The number of nitrogens with zero attached hydrogens (tertiary/aromatic N) is 1. The van der Waals surface area contributed by atoms with E-state index in [0.717, 1.165) is 6.42 Å². The monoisotopic (exact) mass is 257 g/mol. The van der Waals surface area contributed by atoms with Gasteiger partial charge in [0.25, 0.3) is 0 Å². The van der Waals surface area contributed by atoms with Crippen LogP contribution in [-0.4, -0.2) is 48.7 Å². The first-order valence-corrected chi connectivity index (χ1v) is 6.28. The number of carbonyl (C=O) groups excluding carboxylic acids is 1. The number of methoxy groups -OCH3 is 1. The third-order valence-electron chi connectivity index (χ3n) is 3.36. The maximum absolute atomic E-state index is 12.3. The van der Waals surface area contributed by atoms with Gasteiger partial charge in [-0.3, -0.25) is 9.59 Å². The first-order valence-electron chi connectivity index (χ1n) is 6.28. The molecular formula is C13H23NO4. The minimum absolute atomic E-state index is 0.270. The zero-order chi connectivity index (χ0) is 13.9. The summed E-state index contributed by atoms with van der Waals surface area (Å²) < 4.78 is 5.07. The number of aliphatic carboxylic acids is 1. The van der Waals surface area contributed by atoms with E-state index in [1.165, 1.54) is 0 Å². The Morgan fingerprint density at radius 3 is 2.50 bits per heavy atom. The largest absolute Gasteiger partial charge is 0.481 e. The molecule has 0 spiro atoms. The molecule has 18 heavy (non-hydrogen) atoms. The van der Waals surface area contributed by atoms with Crippen molar-refractivity contribution in [2.45, 2.75) is 27.2 Å². The number of likely N-dealkylation sites (tertiary alicyclic amines) is 1. The second-order valence-electron chi connectivity index (χ2n) is 6.03. The topological polar surface area (TPSA) is 66.8 Å². The predicted molar refractivity (Wildman–Crippen MR) is 67.1 cm³/mol. The van der Waals surface area contributed by atoms with E-state index in [1.807, 2.05) is 0 Å². The number of carboxylic acids is 1. The van der Waals surface area contributed by atoms with E-state index in [-0.39, 0.29) is 5.91 Å². The number of carbonyl (C=O) groups is 2. The van der Waals surface area contributed by atoms with Crippen molar-refractivity contribution in [2.75, 3.05) is 26.8 Å². The van der Waals surface area contributed by atoms with Gasteiger partial charge in [0, 0.05) is 26.1 Å². The Hall–Kier alpha value is -1.10. The van der Waals surface area contributed by atoms with E-state index in [2.05, 4.69) is 0 Å². The molecule has 1 aliphatic heterocycles. The quantitative estimate of drug-likeness (QED) is 0.769. The van der Waals surface area contributed by atoms with Crippen LogP contribution >= 0.6 is 0 Å².